The van der Waals surface area contributed by atoms with E-state index in [1.807, 2.05) is 24.3 Å². The van der Waals surface area contributed by atoms with Crippen LogP contribution in [0.15, 0.2) is 60.8 Å². The van der Waals surface area contributed by atoms with Gasteiger partial charge < -0.3 is 15.4 Å². The van der Waals surface area contributed by atoms with Gasteiger partial charge in [-0.05, 0) is 42.5 Å². The summed E-state index contributed by atoms with van der Waals surface area (Å²) in [6.07, 6.45) is 1.56. The molecule has 0 fully saturated rings. The first kappa shape index (κ1) is 18.0. The Morgan fingerprint density at radius 3 is 2.62 bits per heavy atom. The molecule has 0 aliphatic heterocycles. The second kappa shape index (κ2) is 8.08. The van der Waals surface area contributed by atoms with Crippen molar-refractivity contribution in [1.82, 2.24) is 4.98 Å². The number of nitrogens with one attached hydrogen (secondary N) is 2. The highest BCUT2D eigenvalue weighted by atomic mass is 35.5. The van der Waals surface area contributed by atoms with Crippen molar-refractivity contribution in [2.75, 3.05) is 17.7 Å². The topological polar surface area (TPSA) is 63.2 Å². The molecule has 7 heteroatoms. The van der Waals surface area contributed by atoms with Gasteiger partial charge in [-0.2, -0.15) is 0 Å². The molecule has 1 amide bonds. The number of amides is 1. The number of halogens is 2. The average molecular weight is 388 g/mol. The first-order valence-electron chi connectivity index (χ1n) is 7.69. The van der Waals surface area contributed by atoms with Crippen molar-refractivity contribution < 1.29 is 9.53 Å². The van der Waals surface area contributed by atoms with Crippen molar-refractivity contribution in [3.63, 3.8) is 0 Å². The maximum atomic E-state index is 12.5. The standard InChI is InChI=1S/C19H15Cl2N3O2/c1-26-17-5-3-2-4-16(17)24-18-10-12(8-9-22-18)19(25)23-13-6-7-14(20)15(21)11-13/h2-11H,1H3,(H,22,24)(H,23,25). The lowest BCUT2D eigenvalue weighted by molar-refractivity contribution is 0.102. The molecule has 132 valence electrons. The number of anilines is 3. The van der Waals surface area contributed by atoms with Crippen molar-refractivity contribution in [2.24, 2.45) is 0 Å². The number of carbonyl (C=O) groups excluding carboxylic acids is 1. The minimum Gasteiger partial charge on any atom is -0.495 e. The minimum absolute atomic E-state index is 0.283. The van der Waals surface area contributed by atoms with Crippen molar-refractivity contribution in [1.29, 1.82) is 0 Å². The average Bonchev–Trinajstić information content (AvgIpc) is 2.65. The second-order valence-corrected chi connectivity index (χ2v) is 6.15. The van der Waals surface area contributed by atoms with Crippen LogP contribution in [-0.4, -0.2) is 18.0 Å². The molecular weight excluding hydrogens is 373 g/mol. The van der Waals surface area contributed by atoms with Crippen molar-refractivity contribution in [3.8, 4) is 5.75 Å². The molecule has 0 radical (unpaired) electrons. The van der Waals surface area contributed by atoms with Crippen molar-refractivity contribution in [3.05, 3.63) is 76.4 Å². The van der Waals surface area contributed by atoms with Crippen LogP contribution in [0.25, 0.3) is 0 Å². The molecule has 0 unspecified atom stereocenters. The van der Waals surface area contributed by atoms with Crippen molar-refractivity contribution >= 4 is 46.3 Å². The van der Waals surface area contributed by atoms with Gasteiger partial charge in [0.15, 0.2) is 0 Å². The Balaban J connectivity index is 1.78. The lowest BCUT2D eigenvalue weighted by Gasteiger charge is -2.11. The van der Waals surface area contributed by atoms with Gasteiger partial charge in [-0.25, -0.2) is 4.98 Å². The highest BCUT2D eigenvalue weighted by Gasteiger charge is 2.10. The Morgan fingerprint density at radius 2 is 1.85 bits per heavy atom. The Hall–Kier alpha value is -2.76. The summed E-state index contributed by atoms with van der Waals surface area (Å²) in [4.78, 5) is 16.7. The third kappa shape index (κ3) is 4.25. The molecule has 0 saturated carbocycles. The maximum absolute atomic E-state index is 12.5. The Kier molecular flexibility index (Phi) is 5.61. The third-order valence-electron chi connectivity index (χ3n) is 3.57. The fraction of sp³-hybridized carbons (Fsp3) is 0.0526. The molecule has 26 heavy (non-hydrogen) atoms. The number of ether oxygens (including phenoxy) is 1. The minimum atomic E-state index is -0.283. The number of rotatable bonds is 5. The molecule has 0 spiro atoms. The molecule has 0 saturated heterocycles. The lowest BCUT2D eigenvalue weighted by Crippen LogP contribution is -2.12. The molecule has 1 heterocycles. The largest absolute Gasteiger partial charge is 0.495 e. The maximum Gasteiger partial charge on any atom is 0.255 e. The number of pyridine rings is 1. The molecule has 2 aromatic carbocycles. The summed E-state index contributed by atoms with van der Waals surface area (Å²) in [6.45, 7) is 0. The number of benzene rings is 2. The normalized spacial score (nSPS) is 10.3. The molecule has 0 bridgehead atoms. The summed E-state index contributed by atoms with van der Waals surface area (Å²) in [5.41, 5.74) is 1.76. The summed E-state index contributed by atoms with van der Waals surface area (Å²) in [5, 5.41) is 6.72. The van der Waals surface area contributed by atoms with Crippen LogP contribution < -0.4 is 15.4 Å². The summed E-state index contributed by atoms with van der Waals surface area (Å²) >= 11 is 11.9. The van der Waals surface area contributed by atoms with Gasteiger partial charge in [-0.1, -0.05) is 35.3 Å². The predicted molar refractivity (Wildman–Crippen MR) is 105 cm³/mol. The Morgan fingerprint density at radius 1 is 1.04 bits per heavy atom. The summed E-state index contributed by atoms with van der Waals surface area (Å²) in [6, 6.07) is 15.6. The number of methoxy groups -OCH3 is 1. The molecule has 5 nitrogen and oxygen atoms in total. The van der Waals surface area contributed by atoms with E-state index in [0.29, 0.717) is 32.9 Å². The number of carbonyl (C=O) groups is 1. The molecule has 3 aromatic rings. The molecule has 0 aliphatic carbocycles. The fourth-order valence-corrected chi connectivity index (χ4v) is 2.60. The molecule has 2 N–H and O–H groups in total. The van der Waals surface area contributed by atoms with E-state index < -0.39 is 0 Å². The zero-order valence-corrected chi connectivity index (χ0v) is 15.3. The molecular formula is C19H15Cl2N3O2. The monoisotopic (exact) mass is 387 g/mol. The van der Waals surface area contributed by atoms with E-state index in [1.54, 1.807) is 43.6 Å². The highest BCUT2D eigenvalue weighted by Crippen LogP contribution is 2.27. The van der Waals surface area contributed by atoms with E-state index in [0.717, 1.165) is 5.69 Å². The Bertz CT molecular complexity index is 948. The van der Waals surface area contributed by atoms with Crippen LogP contribution in [-0.2, 0) is 0 Å². The van der Waals surface area contributed by atoms with Gasteiger partial charge in [-0.15, -0.1) is 0 Å². The molecule has 0 aliphatic rings. The van der Waals surface area contributed by atoms with Gasteiger partial charge in [0.1, 0.15) is 11.6 Å². The van der Waals surface area contributed by atoms with Gasteiger partial charge in [0.25, 0.3) is 5.91 Å². The number of para-hydroxylation sites is 2. The van der Waals surface area contributed by atoms with E-state index in [-0.39, 0.29) is 5.91 Å². The van der Waals surface area contributed by atoms with E-state index in [1.165, 1.54) is 0 Å². The zero-order chi connectivity index (χ0) is 18.5. The number of nitrogens with zero attached hydrogens (tertiary/aromatic N) is 1. The third-order valence-corrected chi connectivity index (χ3v) is 4.31. The first-order chi connectivity index (χ1) is 12.6. The number of aromatic nitrogens is 1. The smallest absolute Gasteiger partial charge is 0.255 e. The van der Waals surface area contributed by atoms with Gasteiger partial charge in [0.05, 0.1) is 22.8 Å². The SMILES string of the molecule is COc1ccccc1Nc1cc(C(=O)Nc2ccc(Cl)c(Cl)c2)ccn1. The van der Waals surface area contributed by atoms with E-state index >= 15 is 0 Å². The molecule has 3 rings (SSSR count). The molecule has 0 atom stereocenters. The number of hydrogen-bond donors (Lipinski definition) is 2. The van der Waals surface area contributed by atoms with Crippen LogP contribution in [0.2, 0.25) is 10.0 Å². The second-order valence-electron chi connectivity index (χ2n) is 5.34. The van der Waals surface area contributed by atoms with Crippen LogP contribution >= 0.6 is 23.2 Å². The van der Waals surface area contributed by atoms with Gasteiger partial charge >= 0.3 is 0 Å². The fourth-order valence-electron chi connectivity index (χ4n) is 2.30. The quantitative estimate of drug-likeness (QED) is 0.615. The van der Waals surface area contributed by atoms with Crippen LogP contribution in [0.5, 0.6) is 5.75 Å². The Labute approximate surface area is 160 Å². The van der Waals surface area contributed by atoms with Gasteiger partial charge in [0, 0.05) is 17.4 Å². The summed E-state index contributed by atoms with van der Waals surface area (Å²) in [5.74, 6) is 0.921. The van der Waals surface area contributed by atoms with E-state index in [4.69, 9.17) is 27.9 Å². The van der Waals surface area contributed by atoms with Crippen LogP contribution in [0.4, 0.5) is 17.2 Å². The van der Waals surface area contributed by atoms with Crippen LogP contribution in [0.3, 0.4) is 0 Å². The first-order valence-corrected chi connectivity index (χ1v) is 8.45. The van der Waals surface area contributed by atoms with Gasteiger partial charge in [-0.3, -0.25) is 4.79 Å². The van der Waals surface area contributed by atoms with E-state index in [9.17, 15) is 4.79 Å². The summed E-state index contributed by atoms with van der Waals surface area (Å²) < 4.78 is 5.30. The lowest BCUT2D eigenvalue weighted by atomic mass is 10.2. The van der Waals surface area contributed by atoms with Gasteiger partial charge in [0.2, 0.25) is 0 Å². The summed E-state index contributed by atoms with van der Waals surface area (Å²) in [7, 11) is 1.59. The zero-order valence-electron chi connectivity index (χ0n) is 13.8. The van der Waals surface area contributed by atoms with Crippen molar-refractivity contribution in [2.45, 2.75) is 0 Å². The number of hydrogen-bond acceptors (Lipinski definition) is 4. The highest BCUT2D eigenvalue weighted by molar-refractivity contribution is 6.42. The molecule has 1 aromatic heterocycles. The van der Waals surface area contributed by atoms with Crippen LogP contribution in [0.1, 0.15) is 10.4 Å². The van der Waals surface area contributed by atoms with E-state index in [2.05, 4.69) is 15.6 Å². The predicted octanol–water partition coefficient (Wildman–Crippen LogP) is 5.39. The van der Waals surface area contributed by atoms with Crippen LogP contribution in [0, 0.1) is 0 Å².